The summed E-state index contributed by atoms with van der Waals surface area (Å²) in [6.45, 7) is 0.692. The van der Waals surface area contributed by atoms with Crippen molar-refractivity contribution < 1.29 is 9.53 Å². The molecule has 1 aliphatic rings. The fourth-order valence-corrected chi connectivity index (χ4v) is 2.64. The molecule has 4 N–H and O–H groups in total. The molecule has 19 heavy (non-hydrogen) atoms. The number of ether oxygens (including phenoxy) is 1. The molecule has 1 atom stereocenters. The first kappa shape index (κ1) is 14.2. The van der Waals surface area contributed by atoms with Gasteiger partial charge in [0.15, 0.2) is 0 Å². The lowest BCUT2D eigenvalue weighted by Gasteiger charge is -2.16. The summed E-state index contributed by atoms with van der Waals surface area (Å²) in [5.41, 5.74) is 13.4. The van der Waals surface area contributed by atoms with Crippen LogP contribution in [0, 0.1) is 0 Å². The highest BCUT2D eigenvalue weighted by atomic mass is 35.5. The Kier molecular flexibility index (Phi) is 4.66. The lowest BCUT2D eigenvalue weighted by molar-refractivity contribution is -0.118. The third-order valence-corrected chi connectivity index (χ3v) is 3.58. The highest BCUT2D eigenvalue weighted by Crippen LogP contribution is 2.36. The normalized spacial score (nSPS) is 14.8. The van der Waals surface area contributed by atoms with Gasteiger partial charge in [-0.15, -0.1) is 0 Å². The number of benzene rings is 1. The summed E-state index contributed by atoms with van der Waals surface area (Å²) >= 11 is 6.10. The van der Waals surface area contributed by atoms with E-state index in [-0.39, 0.29) is 11.9 Å². The number of amides is 1. The van der Waals surface area contributed by atoms with Crippen molar-refractivity contribution >= 4 is 17.5 Å². The number of rotatable bonds is 6. The van der Waals surface area contributed by atoms with Crippen LogP contribution >= 0.6 is 11.6 Å². The first-order valence-corrected chi connectivity index (χ1v) is 6.94. The summed E-state index contributed by atoms with van der Waals surface area (Å²) in [6, 6.07) is 3.70. The van der Waals surface area contributed by atoms with E-state index >= 15 is 0 Å². The van der Waals surface area contributed by atoms with E-state index in [1.807, 2.05) is 12.1 Å². The molecule has 1 aromatic rings. The number of unbranched alkanes of at least 4 members (excludes halogenated alkanes) is 1. The van der Waals surface area contributed by atoms with E-state index in [1.165, 1.54) is 0 Å². The van der Waals surface area contributed by atoms with E-state index in [0.717, 1.165) is 42.6 Å². The second-order valence-corrected chi connectivity index (χ2v) is 5.34. The zero-order chi connectivity index (χ0) is 13.8. The topological polar surface area (TPSA) is 78.3 Å². The molecule has 104 valence electrons. The molecule has 2 rings (SSSR count). The largest absolute Gasteiger partial charge is 0.493 e. The predicted molar refractivity (Wildman–Crippen MR) is 75.2 cm³/mol. The molecule has 0 radical (unpaired) electrons. The van der Waals surface area contributed by atoms with E-state index < -0.39 is 0 Å². The van der Waals surface area contributed by atoms with Crippen LogP contribution < -0.4 is 16.2 Å². The molecule has 0 aliphatic carbocycles. The number of fused-ring (bicyclic) bond motifs is 1. The van der Waals surface area contributed by atoms with Crippen LogP contribution in [0.2, 0.25) is 5.02 Å². The highest BCUT2D eigenvalue weighted by molar-refractivity contribution is 6.30. The molecule has 1 amide bonds. The Bertz CT molecular complexity index is 477. The molecule has 0 aromatic heterocycles. The van der Waals surface area contributed by atoms with Crippen molar-refractivity contribution in [2.75, 3.05) is 6.61 Å². The molecular formula is C14H19ClN2O2. The predicted octanol–water partition coefficient (Wildman–Crippen LogP) is 2.32. The smallest absolute Gasteiger partial charge is 0.217 e. The number of primary amides is 1. The molecule has 5 heteroatoms. The molecule has 0 saturated carbocycles. The summed E-state index contributed by atoms with van der Waals surface area (Å²) in [4.78, 5) is 10.7. The Balaban J connectivity index is 1.99. The van der Waals surface area contributed by atoms with Gasteiger partial charge in [0, 0.05) is 29.5 Å². The average Bonchev–Trinajstić information content (AvgIpc) is 2.80. The van der Waals surface area contributed by atoms with Crippen LogP contribution in [0.1, 0.15) is 42.9 Å². The van der Waals surface area contributed by atoms with Gasteiger partial charge in [-0.1, -0.05) is 18.0 Å². The van der Waals surface area contributed by atoms with Gasteiger partial charge in [-0.05, 0) is 30.5 Å². The number of nitrogens with two attached hydrogens (primary N) is 2. The zero-order valence-corrected chi connectivity index (χ0v) is 11.6. The van der Waals surface area contributed by atoms with Crippen molar-refractivity contribution in [2.45, 2.75) is 38.1 Å². The van der Waals surface area contributed by atoms with E-state index in [9.17, 15) is 4.79 Å². The number of halogens is 1. The first-order chi connectivity index (χ1) is 9.08. The molecule has 0 bridgehead atoms. The minimum absolute atomic E-state index is 0.113. The van der Waals surface area contributed by atoms with Crippen LogP contribution in [0.15, 0.2) is 12.1 Å². The maximum Gasteiger partial charge on any atom is 0.217 e. The van der Waals surface area contributed by atoms with E-state index in [1.54, 1.807) is 0 Å². The lowest BCUT2D eigenvalue weighted by atomic mass is 9.98. The molecule has 0 fully saturated rings. The Morgan fingerprint density at radius 2 is 2.21 bits per heavy atom. The van der Waals surface area contributed by atoms with Crippen molar-refractivity contribution in [3.63, 3.8) is 0 Å². The summed E-state index contributed by atoms with van der Waals surface area (Å²) in [6.07, 6.45) is 3.73. The van der Waals surface area contributed by atoms with Gasteiger partial charge < -0.3 is 16.2 Å². The van der Waals surface area contributed by atoms with Crippen molar-refractivity contribution in [3.05, 3.63) is 28.3 Å². The second-order valence-electron chi connectivity index (χ2n) is 4.90. The minimum atomic E-state index is -0.263. The van der Waals surface area contributed by atoms with Gasteiger partial charge in [0.1, 0.15) is 5.75 Å². The number of carbonyl (C=O) groups excluding carboxylic acids is 1. The van der Waals surface area contributed by atoms with Crippen LogP contribution in [0.3, 0.4) is 0 Å². The maximum absolute atomic E-state index is 10.7. The Morgan fingerprint density at radius 3 is 2.95 bits per heavy atom. The van der Waals surface area contributed by atoms with Gasteiger partial charge in [-0.2, -0.15) is 0 Å². The zero-order valence-electron chi connectivity index (χ0n) is 10.8. The first-order valence-electron chi connectivity index (χ1n) is 6.57. The quantitative estimate of drug-likeness (QED) is 0.786. The van der Waals surface area contributed by atoms with Gasteiger partial charge >= 0.3 is 0 Å². The van der Waals surface area contributed by atoms with E-state index in [0.29, 0.717) is 18.1 Å². The molecule has 1 unspecified atom stereocenters. The van der Waals surface area contributed by atoms with Crippen molar-refractivity contribution in [3.8, 4) is 5.75 Å². The van der Waals surface area contributed by atoms with Crippen LogP contribution in [-0.2, 0) is 11.2 Å². The average molecular weight is 283 g/mol. The maximum atomic E-state index is 10.7. The number of hydrogen-bond acceptors (Lipinski definition) is 3. The molecule has 4 nitrogen and oxygen atoms in total. The third kappa shape index (κ3) is 3.61. The van der Waals surface area contributed by atoms with Gasteiger partial charge in [0.2, 0.25) is 5.91 Å². The number of hydrogen-bond donors (Lipinski definition) is 2. The molecule has 1 heterocycles. The molecule has 1 aliphatic heterocycles. The van der Waals surface area contributed by atoms with Crippen LogP contribution in [0.4, 0.5) is 0 Å². The summed E-state index contributed by atoms with van der Waals surface area (Å²) in [5.74, 6) is 0.632. The van der Waals surface area contributed by atoms with Crippen molar-refractivity contribution in [2.24, 2.45) is 11.5 Å². The standard InChI is InChI=1S/C14H19ClN2O2/c15-10-7-9-5-6-19-14(9)11(8-10)12(16)3-1-2-4-13(17)18/h7-8,12H,1-6,16H2,(H2,17,18). The molecule has 0 spiro atoms. The second kappa shape index (κ2) is 6.26. The summed E-state index contributed by atoms with van der Waals surface area (Å²) in [7, 11) is 0. The Hall–Kier alpha value is -1.26. The summed E-state index contributed by atoms with van der Waals surface area (Å²) in [5, 5.41) is 0.701. The van der Waals surface area contributed by atoms with Crippen LogP contribution in [-0.4, -0.2) is 12.5 Å². The molecule has 0 saturated heterocycles. The monoisotopic (exact) mass is 282 g/mol. The Morgan fingerprint density at radius 1 is 1.42 bits per heavy atom. The van der Waals surface area contributed by atoms with Crippen LogP contribution in [0.5, 0.6) is 5.75 Å². The van der Waals surface area contributed by atoms with Gasteiger partial charge in [0.25, 0.3) is 0 Å². The minimum Gasteiger partial charge on any atom is -0.493 e. The SMILES string of the molecule is NC(=O)CCCCC(N)c1cc(Cl)cc2c1OCC2. The lowest BCUT2D eigenvalue weighted by Crippen LogP contribution is -2.13. The van der Waals surface area contributed by atoms with E-state index in [4.69, 9.17) is 27.8 Å². The van der Waals surface area contributed by atoms with Crippen molar-refractivity contribution in [1.29, 1.82) is 0 Å². The fourth-order valence-electron chi connectivity index (χ4n) is 2.39. The van der Waals surface area contributed by atoms with Gasteiger partial charge in [0.05, 0.1) is 6.61 Å². The number of carbonyl (C=O) groups is 1. The third-order valence-electron chi connectivity index (χ3n) is 3.36. The summed E-state index contributed by atoms with van der Waals surface area (Å²) < 4.78 is 5.64. The molecular weight excluding hydrogens is 264 g/mol. The fraction of sp³-hybridized carbons (Fsp3) is 0.500. The highest BCUT2D eigenvalue weighted by Gasteiger charge is 2.21. The van der Waals surface area contributed by atoms with Gasteiger partial charge in [-0.3, -0.25) is 4.79 Å². The van der Waals surface area contributed by atoms with Crippen molar-refractivity contribution in [1.82, 2.24) is 0 Å². The Labute approximate surface area is 118 Å². The van der Waals surface area contributed by atoms with Crippen LogP contribution in [0.25, 0.3) is 0 Å². The molecule has 1 aromatic carbocycles. The van der Waals surface area contributed by atoms with E-state index in [2.05, 4.69) is 0 Å². The van der Waals surface area contributed by atoms with Gasteiger partial charge in [-0.25, -0.2) is 0 Å².